The zero-order valence-corrected chi connectivity index (χ0v) is 10.6. The highest BCUT2D eigenvalue weighted by atomic mass is 19.4. The Balaban J connectivity index is 1.86. The van der Waals surface area contributed by atoms with E-state index in [0.29, 0.717) is 12.8 Å². The molecule has 7 nitrogen and oxygen atoms in total. The Labute approximate surface area is 115 Å². The predicted octanol–water partition coefficient (Wildman–Crippen LogP) is 1.62. The molecular formula is C11H10F3N5O2. The van der Waals surface area contributed by atoms with Gasteiger partial charge in [-0.15, -0.1) is 10.2 Å². The largest absolute Gasteiger partial charge is 0.459 e. The molecule has 2 heterocycles. The highest BCUT2D eigenvalue weighted by Crippen LogP contribution is 2.40. The van der Waals surface area contributed by atoms with Gasteiger partial charge in [0.25, 0.3) is 5.91 Å². The first-order valence-electron chi connectivity index (χ1n) is 6.13. The van der Waals surface area contributed by atoms with Gasteiger partial charge < -0.3 is 9.73 Å². The normalized spacial score (nSPS) is 17.3. The van der Waals surface area contributed by atoms with Crippen molar-refractivity contribution in [1.82, 2.24) is 25.9 Å². The predicted molar refractivity (Wildman–Crippen MR) is 60.9 cm³/mol. The number of aromatic amines is 1. The highest BCUT2D eigenvalue weighted by molar-refractivity contribution is 5.95. The maximum Gasteiger partial charge on any atom is 0.450 e. The summed E-state index contributed by atoms with van der Waals surface area (Å²) in [7, 11) is 0. The van der Waals surface area contributed by atoms with E-state index in [1.165, 1.54) is 0 Å². The molecule has 0 radical (unpaired) electrons. The number of hydrogen-bond donors (Lipinski definition) is 2. The Morgan fingerprint density at radius 2 is 2.19 bits per heavy atom. The third-order valence-corrected chi connectivity index (χ3v) is 3.50. The van der Waals surface area contributed by atoms with Crippen molar-refractivity contribution in [3.63, 3.8) is 0 Å². The number of carbonyl (C=O) groups excluding carboxylic acids is 1. The molecule has 21 heavy (non-hydrogen) atoms. The highest BCUT2D eigenvalue weighted by Gasteiger charge is 2.46. The van der Waals surface area contributed by atoms with Crippen LogP contribution in [-0.2, 0) is 11.7 Å². The van der Waals surface area contributed by atoms with Crippen LogP contribution in [0.25, 0.3) is 0 Å². The lowest BCUT2D eigenvalue weighted by Gasteiger charge is -2.39. The number of tetrazole rings is 1. The van der Waals surface area contributed by atoms with Crippen LogP contribution in [0, 0.1) is 0 Å². The van der Waals surface area contributed by atoms with Crippen LogP contribution in [0.1, 0.15) is 41.2 Å². The molecule has 0 aliphatic heterocycles. The van der Waals surface area contributed by atoms with Gasteiger partial charge in [-0.1, -0.05) is 5.21 Å². The summed E-state index contributed by atoms with van der Waals surface area (Å²) in [6.07, 6.45) is -2.00. The number of nitrogens with one attached hydrogen (secondary N) is 2. The van der Waals surface area contributed by atoms with Crippen LogP contribution in [0.3, 0.4) is 0 Å². The molecule has 2 N–H and O–H groups in total. The number of H-pyrrole nitrogens is 1. The summed E-state index contributed by atoms with van der Waals surface area (Å²) >= 11 is 0. The fourth-order valence-electron chi connectivity index (χ4n) is 2.29. The number of carbonyl (C=O) groups is 1. The molecule has 0 atom stereocenters. The zero-order chi connectivity index (χ0) is 15.1. The molecule has 0 saturated heterocycles. The smallest absolute Gasteiger partial charge is 0.450 e. The van der Waals surface area contributed by atoms with E-state index in [4.69, 9.17) is 0 Å². The molecule has 1 aliphatic rings. The van der Waals surface area contributed by atoms with E-state index in [-0.39, 0.29) is 5.82 Å². The van der Waals surface area contributed by atoms with E-state index in [2.05, 4.69) is 30.4 Å². The molecule has 2 aromatic heterocycles. The zero-order valence-electron chi connectivity index (χ0n) is 10.6. The number of amides is 1. The van der Waals surface area contributed by atoms with Crippen molar-refractivity contribution < 1.29 is 22.4 Å². The Bertz CT molecular complexity index is 645. The standard InChI is InChI=1S/C11H10F3N5O2/c12-11(13,14)7-6(2-5-21-7)8(20)15-10(3-1-4-10)9-16-18-19-17-9/h2,5H,1,3-4H2,(H,15,20)(H,16,17,18,19). The number of furan rings is 1. The topological polar surface area (TPSA) is 96.7 Å². The SMILES string of the molecule is O=C(NC1(c2nn[nH]n2)CCC1)c1ccoc1C(F)(F)F. The molecule has 3 rings (SSSR count). The Hall–Kier alpha value is -2.39. The van der Waals surface area contributed by atoms with Crippen molar-refractivity contribution in [2.75, 3.05) is 0 Å². The van der Waals surface area contributed by atoms with Crippen molar-refractivity contribution >= 4 is 5.91 Å². The van der Waals surface area contributed by atoms with E-state index in [1.807, 2.05) is 0 Å². The number of aromatic nitrogens is 4. The van der Waals surface area contributed by atoms with Crippen LogP contribution in [0.15, 0.2) is 16.7 Å². The van der Waals surface area contributed by atoms with Gasteiger partial charge in [0.2, 0.25) is 5.76 Å². The molecule has 1 saturated carbocycles. The average molecular weight is 301 g/mol. The average Bonchev–Trinajstić information content (AvgIpc) is 3.02. The number of halogens is 3. The summed E-state index contributed by atoms with van der Waals surface area (Å²) in [5.41, 5.74) is -1.43. The van der Waals surface area contributed by atoms with Crippen molar-refractivity contribution in [3.8, 4) is 0 Å². The molecule has 0 unspecified atom stereocenters. The molecule has 1 fully saturated rings. The van der Waals surface area contributed by atoms with Crippen molar-refractivity contribution in [2.45, 2.75) is 31.0 Å². The quantitative estimate of drug-likeness (QED) is 0.898. The second-order valence-electron chi connectivity index (χ2n) is 4.79. The van der Waals surface area contributed by atoms with E-state index >= 15 is 0 Å². The van der Waals surface area contributed by atoms with Gasteiger partial charge in [-0.3, -0.25) is 4.79 Å². The molecule has 1 amide bonds. The monoisotopic (exact) mass is 301 g/mol. The van der Waals surface area contributed by atoms with Crippen LogP contribution in [0.4, 0.5) is 13.2 Å². The maximum atomic E-state index is 12.7. The minimum absolute atomic E-state index is 0.263. The molecule has 112 valence electrons. The van der Waals surface area contributed by atoms with Gasteiger partial charge in [0.05, 0.1) is 11.8 Å². The van der Waals surface area contributed by atoms with Crippen LogP contribution in [-0.4, -0.2) is 26.5 Å². The fraction of sp³-hybridized carbons (Fsp3) is 0.455. The molecule has 1 aliphatic carbocycles. The third-order valence-electron chi connectivity index (χ3n) is 3.50. The van der Waals surface area contributed by atoms with E-state index in [1.54, 1.807) is 0 Å². The number of hydrogen-bond acceptors (Lipinski definition) is 5. The van der Waals surface area contributed by atoms with Gasteiger partial charge in [-0.25, -0.2) is 0 Å². The first kappa shape index (κ1) is 13.6. The van der Waals surface area contributed by atoms with E-state index < -0.39 is 28.9 Å². The summed E-state index contributed by atoms with van der Waals surface area (Å²) in [5.74, 6) is -1.93. The summed E-state index contributed by atoms with van der Waals surface area (Å²) in [6.45, 7) is 0. The Morgan fingerprint density at radius 1 is 1.43 bits per heavy atom. The first-order valence-corrected chi connectivity index (χ1v) is 6.13. The second-order valence-corrected chi connectivity index (χ2v) is 4.79. The first-order chi connectivity index (χ1) is 9.92. The van der Waals surface area contributed by atoms with Crippen LogP contribution in [0.2, 0.25) is 0 Å². The van der Waals surface area contributed by atoms with Crippen LogP contribution in [0.5, 0.6) is 0 Å². The van der Waals surface area contributed by atoms with Crippen LogP contribution >= 0.6 is 0 Å². The molecule has 0 bridgehead atoms. The van der Waals surface area contributed by atoms with Gasteiger partial charge in [0, 0.05) is 0 Å². The summed E-state index contributed by atoms with van der Waals surface area (Å²) in [4.78, 5) is 12.1. The Morgan fingerprint density at radius 3 is 2.71 bits per heavy atom. The minimum atomic E-state index is -4.73. The molecule has 10 heteroatoms. The van der Waals surface area contributed by atoms with Gasteiger partial charge in [0.1, 0.15) is 5.54 Å². The lowest BCUT2D eigenvalue weighted by molar-refractivity contribution is -0.153. The van der Waals surface area contributed by atoms with Crippen LogP contribution < -0.4 is 5.32 Å². The summed E-state index contributed by atoms with van der Waals surface area (Å²) in [6, 6.07) is 0.987. The number of rotatable bonds is 3. The minimum Gasteiger partial charge on any atom is -0.459 e. The maximum absolute atomic E-state index is 12.7. The van der Waals surface area contributed by atoms with Crippen molar-refractivity contribution in [3.05, 3.63) is 29.5 Å². The van der Waals surface area contributed by atoms with Gasteiger partial charge in [0.15, 0.2) is 5.82 Å². The number of alkyl halides is 3. The van der Waals surface area contributed by atoms with Gasteiger partial charge in [-0.2, -0.15) is 18.4 Å². The molecular weight excluding hydrogens is 291 g/mol. The lowest BCUT2D eigenvalue weighted by Crippen LogP contribution is -2.51. The van der Waals surface area contributed by atoms with Gasteiger partial charge in [-0.05, 0) is 25.3 Å². The Kier molecular flexibility index (Phi) is 2.96. The summed E-state index contributed by atoms with van der Waals surface area (Å²) < 4.78 is 42.6. The van der Waals surface area contributed by atoms with Crippen molar-refractivity contribution in [2.24, 2.45) is 0 Å². The second kappa shape index (κ2) is 4.57. The van der Waals surface area contributed by atoms with E-state index in [9.17, 15) is 18.0 Å². The molecule has 0 spiro atoms. The lowest BCUT2D eigenvalue weighted by atomic mass is 9.76. The third kappa shape index (κ3) is 2.26. The van der Waals surface area contributed by atoms with Gasteiger partial charge >= 0.3 is 6.18 Å². The van der Waals surface area contributed by atoms with Crippen molar-refractivity contribution in [1.29, 1.82) is 0 Å². The fourth-order valence-corrected chi connectivity index (χ4v) is 2.29. The summed E-state index contributed by atoms with van der Waals surface area (Å²) in [5, 5.41) is 15.9. The number of nitrogens with zero attached hydrogens (tertiary/aromatic N) is 3. The van der Waals surface area contributed by atoms with E-state index in [0.717, 1.165) is 18.8 Å². The molecule has 2 aromatic rings. The molecule has 0 aromatic carbocycles.